The topological polar surface area (TPSA) is 82.2 Å². The van der Waals surface area contributed by atoms with Crippen LogP contribution in [0.25, 0.3) is 0 Å². The standard InChI is InChI=1S/C22H36N4O4S/c1-4-30-21-12-10-19(11-13-21)23-22(27)18(2)25-14-16-26(17-15-25)31(28,29)24(3)20-8-6-5-7-9-20/h10-13,18,20H,4-9,14-17H2,1-3H3,(H,23,27). The first-order valence-corrected chi connectivity index (χ1v) is 12.7. The summed E-state index contributed by atoms with van der Waals surface area (Å²) in [5.41, 5.74) is 0.718. The minimum atomic E-state index is -3.46. The van der Waals surface area contributed by atoms with Crippen molar-refractivity contribution < 1.29 is 17.9 Å². The van der Waals surface area contributed by atoms with Gasteiger partial charge in [-0.1, -0.05) is 19.3 Å². The summed E-state index contributed by atoms with van der Waals surface area (Å²) >= 11 is 0. The van der Waals surface area contributed by atoms with Crippen LogP contribution in [0.15, 0.2) is 24.3 Å². The maximum atomic E-state index is 13.1. The van der Waals surface area contributed by atoms with Gasteiger partial charge in [0.2, 0.25) is 5.91 Å². The molecule has 1 saturated heterocycles. The monoisotopic (exact) mass is 452 g/mol. The fourth-order valence-corrected chi connectivity index (χ4v) is 5.93. The minimum absolute atomic E-state index is 0.0974. The smallest absolute Gasteiger partial charge is 0.282 e. The van der Waals surface area contributed by atoms with Crippen molar-refractivity contribution in [3.8, 4) is 5.75 Å². The van der Waals surface area contributed by atoms with Crippen LogP contribution in [0.2, 0.25) is 0 Å². The maximum absolute atomic E-state index is 13.1. The largest absolute Gasteiger partial charge is 0.494 e. The van der Waals surface area contributed by atoms with E-state index < -0.39 is 10.2 Å². The molecular weight excluding hydrogens is 416 g/mol. The molecule has 2 fully saturated rings. The molecule has 9 heteroatoms. The normalized spacial score (nSPS) is 20.5. The Morgan fingerprint density at radius 3 is 2.32 bits per heavy atom. The van der Waals surface area contributed by atoms with E-state index in [2.05, 4.69) is 5.32 Å². The zero-order valence-corrected chi connectivity index (χ0v) is 19.7. The van der Waals surface area contributed by atoms with Crippen LogP contribution in [0.4, 0.5) is 5.69 Å². The number of nitrogens with zero attached hydrogens (tertiary/aromatic N) is 3. The van der Waals surface area contributed by atoms with Crippen molar-refractivity contribution in [2.24, 2.45) is 0 Å². The predicted octanol–water partition coefficient (Wildman–Crippen LogP) is 2.54. The second-order valence-electron chi connectivity index (χ2n) is 8.37. The van der Waals surface area contributed by atoms with E-state index in [1.165, 1.54) is 6.42 Å². The molecule has 0 radical (unpaired) electrons. The molecule has 2 aliphatic rings. The van der Waals surface area contributed by atoms with E-state index in [-0.39, 0.29) is 18.0 Å². The number of hydrogen-bond acceptors (Lipinski definition) is 5. The highest BCUT2D eigenvalue weighted by atomic mass is 32.2. The molecule has 1 aromatic rings. The Morgan fingerprint density at radius 2 is 1.74 bits per heavy atom. The van der Waals surface area contributed by atoms with E-state index in [9.17, 15) is 13.2 Å². The van der Waals surface area contributed by atoms with Crippen molar-refractivity contribution in [3.05, 3.63) is 24.3 Å². The van der Waals surface area contributed by atoms with E-state index in [0.29, 0.717) is 32.8 Å². The molecule has 8 nitrogen and oxygen atoms in total. The van der Waals surface area contributed by atoms with Crippen LogP contribution < -0.4 is 10.1 Å². The molecule has 1 heterocycles. The van der Waals surface area contributed by atoms with Gasteiger partial charge in [0.25, 0.3) is 10.2 Å². The van der Waals surface area contributed by atoms with Crippen LogP contribution in [0.1, 0.15) is 46.0 Å². The molecule has 3 rings (SSSR count). The molecule has 0 spiro atoms. The van der Waals surface area contributed by atoms with E-state index in [1.807, 2.05) is 43.0 Å². The summed E-state index contributed by atoms with van der Waals surface area (Å²) in [6.45, 7) is 6.27. The summed E-state index contributed by atoms with van der Waals surface area (Å²) in [5.74, 6) is 0.670. The second kappa shape index (κ2) is 10.8. The van der Waals surface area contributed by atoms with Gasteiger partial charge in [0, 0.05) is 45.0 Å². The Hall–Kier alpha value is -1.68. The summed E-state index contributed by atoms with van der Waals surface area (Å²) in [6.07, 6.45) is 5.27. The van der Waals surface area contributed by atoms with Gasteiger partial charge < -0.3 is 10.1 Å². The Bertz CT molecular complexity index is 816. The number of ether oxygens (including phenoxy) is 1. The van der Waals surface area contributed by atoms with Crippen molar-refractivity contribution in [1.82, 2.24) is 13.5 Å². The summed E-state index contributed by atoms with van der Waals surface area (Å²) < 4.78 is 34.7. The summed E-state index contributed by atoms with van der Waals surface area (Å²) in [4.78, 5) is 14.7. The van der Waals surface area contributed by atoms with Gasteiger partial charge in [-0.2, -0.15) is 17.0 Å². The summed E-state index contributed by atoms with van der Waals surface area (Å²) in [7, 11) is -1.75. The van der Waals surface area contributed by atoms with E-state index in [0.717, 1.165) is 37.1 Å². The molecule has 1 N–H and O–H groups in total. The molecule has 0 aromatic heterocycles. The zero-order chi connectivity index (χ0) is 22.4. The summed E-state index contributed by atoms with van der Waals surface area (Å²) in [6, 6.07) is 7.07. The third-order valence-electron chi connectivity index (χ3n) is 6.41. The number of anilines is 1. The van der Waals surface area contributed by atoms with Crippen molar-refractivity contribution in [1.29, 1.82) is 0 Å². The van der Waals surface area contributed by atoms with Crippen LogP contribution in [0, 0.1) is 0 Å². The number of nitrogens with one attached hydrogen (secondary N) is 1. The van der Waals surface area contributed by atoms with E-state index in [4.69, 9.17) is 4.74 Å². The molecular formula is C22H36N4O4S. The van der Waals surface area contributed by atoms with Gasteiger partial charge >= 0.3 is 0 Å². The van der Waals surface area contributed by atoms with Gasteiger partial charge in [0.15, 0.2) is 0 Å². The molecule has 0 bridgehead atoms. The molecule has 1 amide bonds. The van der Waals surface area contributed by atoms with Crippen LogP contribution in [0.5, 0.6) is 5.75 Å². The van der Waals surface area contributed by atoms with Gasteiger partial charge in [-0.25, -0.2) is 0 Å². The van der Waals surface area contributed by atoms with Crippen LogP contribution in [-0.2, 0) is 15.0 Å². The number of piperazine rings is 1. The molecule has 31 heavy (non-hydrogen) atoms. The van der Waals surface area contributed by atoms with Gasteiger partial charge in [-0.3, -0.25) is 9.69 Å². The summed E-state index contributed by atoms with van der Waals surface area (Å²) in [5, 5.41) is 2.93. The molecule has 1 aliphatic heterocycles. The Balaban J connectivity index is 1.51. The van der Waals surface area contributed by atoms with Crippen LogP contribution in [0.3, 0.4) is 0 Å². The van der Waals surface area contributed by atoms with E-state index >= 15 is 0 Å². The van der Waals surface area contributed by atoms with Gasteiger partial charge in [-0.15, -0.1) is 0 Å². The Kier molecular flexibility index (Phi) is 8.32. The molecule has 1 unspecified atom stereocenters. The van der Waals surface area contributed by atoms with Crippen molar-refractivity contribution in [2.75, 3.05) is 45.2 Å². The van der Waals surface area contributed by atoms with Crippen LogP contribution in [-0.4, -0.2) is 79.8 Å². The number of rotatable bonds is 8. The van der Waals surface area contributed by atoms with Crippen LogP contribution >= 0.6 is 0 Å². The average molecular weight is 453 g/mol. The SMILES string of the molecule is CCOc1ccc(NC(=O)C(C)N2CCN(S(=O)(=O)N(C)C3CCCCC3)CC2)cc1. The predicted molar refractivity (Wildman–Crippen MR) is 122 cm³/mol. The third kappa shape index (κ3) is 5.97. The highest BCUT2D eigenvalue weighted by molar-refractivity contribution is 7.86. The highest BCUT2D eigenvalue weighted by Crippen LogP contribution is 2.25. The lowest BCUT2D eigenvalue weighted by Crippen LogP contribution is -2.57. The Labute approximate surface area is 186 Å². The first-order valence-electron chi connectivity index (χ1n) is 11.3. The molecule has 1 aliphatic carbocycles. The fraction of sp³-hybridized carbons (Fsp3) is 0.682. The maximum Gasteiger partial charge on any atom is 0.282 e. The average Bonchev–Trinajstić information content (AvgIpc) is 2.80. The molecule has 174 valence electrons. The number of hydrogen-bond donors (Lipinski definition) is 1. The second-order valence-corrected chi connectivity index (χ2v) is 10.4. The molecule has 1 saturated carbocycles. The van der Waals surface area contributed by atoms with Crippen molar-refractivity contribution in [3.63, 3.8) is 0 Å². The van der Waals surface area contributed by atoms with Gasteiger partial charge in [-0.05, 0) is 51.0 Å². The van der Waals surface area contributed by atoms with Gasteiger partial charge in [0.05, 0.1) is 12.6 Å². The third-order valence-corrected chi connectivity index (χ3v) is 8.46. The quantitative estimate of drug-likeness (QED) is 0.656. The lowest BCUT2D eigenvalue weighted by Gasteiger charge is -2.40. The number of amides is 1. The fourth-order valence-electron chi connectivity index (χ4n) is 4.35. The van der Waals surface area contributed by atoms with Crippen molar-refractivity contribution in [2.45, 2.75) is 58.0 Å². The molecule has 1 atom stereocenters. The van der Waals surface area contributed by atoms with Crippen molar-refractivity contribution >= 4 is 21.8 Å². The Morgan fingerprint density at radius 1 is 1.13 bits per heavy atom. The highest BCUT2D eigenvalue weighted by Gasteiger charge is 2.36. The van der Waals surface area contributed by atoms with E-state index in [1.54, 1.807) is 15.7 Å². The first-order chi connectivity index (χ1) is 14.8. The lowest BCUT2D eigenvalue weighted by molar-refractivity contribution is -0.121. The number of benzene rings is 1. The lowest BCUT2D eigenvalue weighted by atomic mass is 9.96. The number of carbonyl (C=O) groups excluding carboxylic acids is 1. The minimum Gasteiger partial charge on any atom is -0.494 e. The zero-order valence-electron chi connectivity index (χ0n) is 18.9. The first kappa shape index (κ1) is 24.0. The number of carbonyl (C=O) groups is 1. The van der Waals surface area contributed by atoms with Gasteiger partial charge in [0.1, 0.15) is 5.75 Å². The molecule has 1 aromatic carbocycles.